The first-order valence-corrected chi connectivity index (χ1v) is 11.0. The summed E-state index contributed by atoms with van der Waals surface area (Å²) >= 11 is 6.48. The molecule has 5 rings (SSSR count). The summed E-state index contributed by atoms with van der Waals surface area (Å²) in [5, 5.41) is 16.9. The lowest BCUT2D eigenvalue weighted by Gasteiger charge is -2.14. The molecule has 0 aliphatic carbocycles. The number of nitrogens with zero attached hydrogens (tertiary/aromatic N) is 2. The molecular formula is C24H22ClN5O3. The van der Waals surface area contributed by atoms with Crippen LogP contribution >= 0.6 is 11.6 Å². The van der Waals surface area contributed by atoms with Crippen molar-refractivity contribution >= 4 is 34.2 Å². The average molecular weight is 464 g/mol. The molecule has 0 radical (unpaired) electrons. The van der Waals surface area contributed by atoms with Gasteiger partial charge in [0.1, 0.15) is 29.3 Å². The zero-order valence-electron chi connectivity index (χ0n) is 17.6. The van der Waals surface area contributed by atoms with Crippen molar-refractivity contribution in [1.29, 1.82) is 0 Å². The first-order chi connectivity index (χ1) is 16.1. The van der Waals surface area contributed by atoms with E-state index >= 15 is 0 Å². The van der Waals surface area contributed by atoms with E-state index in [1.807, 2.05) is 30.3 Å². The van der Waals surface area contributed by atoms with Gasteiger partial charge >= 0.3 is 0 Å². The summed E-state index contributed by atoms with van der Waals surface area (Å²) < 4.78 is 5.81. The molecule has 3 heterocycles. The molecule has 4 N–H and O–H groups in total. The molecule has 2 aromatic carbocycles. The number of fused-ring (bicyclic) bond motifs is 1. The normalized spacial score (nSPS) is 17.9. The van der Waals surface area contributed by atoms with E-state index in [0.717, 1.165) is 6.42 Å². The number of para-hydroxylation sites is 1. The molecule has 0 spiro atoms. The fourth-order valence-corrected chi connectivity index (χ4v) is 4.28. The quantitative estimate of drug-likeness (QED) is 0.309. The lowest BCUT2D eigenvalue weighted by atomic mass is 10.0. The van der Waals surface area contributed by atoms with Crippen molar-refractivity contribution in [2.24, 2.45) is 0 Å². The average Bonchev–Trinajstić information content (AvgIpc) is 3.47. The predicted octanol–water partition coefficient (Wildman–Crippen LogP) is 3.77. The van der Waals surface area contributed by atoms with Crippen molar-refractivity contribution in [3.63, 3.8) is 0 Å². The monoisotopic (exact) mass is 463 g/mol. The van der Waals surface area contributed by atoms with Gasteiger partial charge in [0.15, 0.2) is 5.78 Å². The van der Waals surface area contributed by atoms with Crippen LogP contribution in [0.25, 0.3) is 11.0 Å². The van der Waals surface area contributed by atoms with E-state index < -0.39 is 0 Å². The smallest absolute Gasteiger partial charge is 0.196 e. The number of carbonyl (C=O) groups excluding carboxylic acids is 1. The van der Waals surface area contributed by atoms with E-state index in [0.29, 0.717) is 51.0 Å². The number of ether oxygens (including phenoxy) is 1. The number of aliphatic hydroxyl groups is 1. The highest BCUT2D eigenvalue weighted by Crippen LogP contribution is 2.31. The van der Waals surface area contributed by atoms with Crippen LogP contribution in [0.15, 0.2) is 61.1 Å². The Hall–Kier alpha value is -3.46. The van der Waals surface area contributed by atoms with Crippen LogP contribution in [0.4, 0.5) is 5.82 Å². The summed E-state index contributed by atoms with van der Waals surface area (Å²) in [6, 6.07) is 14.5. The number of nitrogens with one attached hydrogen (secondary N) is 3. The highest BCUT2D eigenvalue weighted by Gasteiger charge is 2.26. The van der Waals surface area contributed by atoms with Crippen molar-refractivity contribution < 1.29 is 14.6 Å². The number of hydrogen-bond donors (Lipinski definition) is 4. The van der Waals surface area contributed by atoms with Gasteiger partial charge in [0.2, 0.25) is 0 Å². The second-order valence-corrected chi connectivity index (χ2v) is 8.31. The van der Waals surface area contributed by atoms with E-state index in [-0.39, 0.29) is 24.5 Å². The van der Waals surface area contributed by atoms with Crippen LogP contribution in [0.3, 0.4) is 0 Å². The number of aliphatic hydroxyl groups excluding tert-OH is 1. The Morgan fingerprint density at radius 1 is 1.15 bits per heavy atom. The van der Waals surface area contributed by atoms with Crippen molar-refractivity contribution in [3.8, 4) is 11.5 Å². The molecule has 0 bridgehead atoms. The minimum Gasteiger partial charge on any atom is -0.457 e. The second-order valence-electron chi connectivity index (χ2n) is 7.90. The molecule has 168 valence electrons. The molecular weight excluding hydrogens is 442 g/mol. The van der Waals surface area contributed by atoms with Gasteiger partial charge < -0.3 is 25.5 Å². The Balaban J connectivity index is 1.43. The molecule has 8 nitrogen and oxygen atoms in total. The number of H-pyrrole nitrogens is 1. The zero-order valence-corrected chi connectivity index (χ0v) is 18.3. The summed E-state index contributed by atoms with van der Waals surface area (Å²) in [6.45, 7) is 0.771. The number of carbonyl (C=O) groups is 1. The molecule has 33 heavy (non-hydrogen) atoms. The Labute approximate surface area is 195 Å². The number of aromatic amines is 1. The standard InChI is InChI=1S/C24H22ClN5O3/c25-20-9-17(33-16-4-2-1-3-5-16)6-7-18(20)22(32)19-11-27-23-21(19)24(29-13-28-23)30-14-8-15(12-31)26-10-14/h1-7,9,11,13-15,26,31H,8,10,12H2,(H2,27,28,29,30)/t14-,15+/m1/s1. The molecule has 2 aromatic heterocycles. The topological polar surface area (TPSA) is 112 Å². The maximum atomic E-state index is 13.4. The third kappa shape index (κ3) is 4.41. The van der Waals surface area contributed by atoms with Gasteiger partial charge in [0.05, 0.1) is 22.6 Å². The van der Waals surface area contributed by atoms with Gasteiger partial charge in [-0.25, -0.2) is 9.97 Å². The lowest BCUT2D eigenvalue weighted by Crippen LogP contribution is -2.25. The van der Waals surface area contributed by atoms with Gasteiger partial charge in [0, 0.05) is 36.5 Å². The molecule has 1 fully saturated rings. The molecule has 4 aromatic rings. The summed E-state index contributed by atoms with van der Waals surface area (Å²) in [7, 11) is 0. The van der Waals surface area contributed by atoms with Gasteiger partial charge in [-0.1, -0.05) is 29.8 Å². The number of ketones is 1. The van der Waals surface area contributed by atoms with Crippen LogP contribution < -0.4 is 15.4 Å². The first-order valence-electron chi connectivity index (χ1n) is 10.6. The number of aromatic nitrogens is 3. The fourth-order valence-electron chi connectivity index (χ4n) is 4.03. The molecule has 0 amide bonds. The van der Waals surface area contributed by atoms with Crippen molar-refractivity contribution in [2.75, 3.05) is 18.5 Å². The number of halogens is 1. The van der Waals surface area contributed by atoms with Crippen molar-refractivity contribution in [2.45, 2.75) is 18.5 Å². The summed E-state index contributed by atoms with van der Waals surface area (Å²) in [6.07, 6.45) is 3.83. The molecule has 1 aliphatic rings. The van der Waals surface area contributed by atoms with E-state index in [1.165, 1.54) is 6.33 Å². The predicted molar refractivity (Wildman–Crippen MR) is 126 cm³/mol. The number of benzene rings is 2. The van der Waals surface area contributed by atoms with E-state index in [1.54, 1.807) is 24.4 Å². The fraction of sp³-hybridized carbons (Fsp3) is 0.208. The second kappa shape index (κ2) is 9.19. The molecule has 2 atom stereocenters. The molecule has 1 aliphatic heterocycles. The van der Waals surface area contributed by atoms with E-state index in [4.69, 9.17) is 16.3 Å². The Morgan fingerprint density at radius 3 is 2.76 bits per heavy atom. The highest BCUT2D eigenvalue weighted by molar-refractivity contribution is 6.35. The van der Waals surface area contributed by atoms with Crippen LogP contribution in [0.5, 0.6) is 11.5 Å². The Bertz CT molecular complexity index is 1290. The van der Waals surface area contributed by atoms with Crippen LogP contribution in [-0.2, 0) is 0 Å². The van der Waals surface area contributed by atoms with Gasteiger partial charge in [0.25, 0.3) is 0 Å². The van der Waals surface area contributed by atoms with Crippen molar-refractivity contribution in [3.05, 3.63) is 77.2 Å². The SMILES string of the molecule is O=C(c1ccc(Oc2ccccc2)cc1Cl)c1c[nH]c2ncnc(N[C@H]3CN[C@H](CO)C3)c12. The van der Waals surface area contributed by atoms with Crippen LogP contribution in [-0.4, -0.2) is 51.1 Å². The molecule has 0 saturated carbocycles. The Kier molecular flexibility index (Phi) is 5.95. The minimum absolute atomic E-state index is 0.0441. The van der Waals surface area contributed by atoms with Gasteiger partial charge in [-0.3, -0.25) is 4.79 Å². The maximum Gasteiger partial charge on any atom is 0.196 e. The van der Waals surface area contributed by atoms with Gasteiger partial charge in [-0.15, -0.1) is 0 Å². The molecule has 0 unspecified atom stereocenters. The van der Waals surface area contributed by atoms with Crippen LogP contribution in [0.2, 0.25) is 5.02 Å². The number of anilines is 1. The van der Waals surface area contributed by atoms with Crippen LogP contribution in [0, 0.1) is 0 Å². The first kappa shape index (κ1) is 21.4. The highest BCUT2D eigenvalue weighted by atomic mass is 35.5. The number of hydrogen-bond acceptors (Lipinski definition) is 7. The summed E-state index contributed by atoms with van der Waals surface area (Å²) in [5.41, 5.74) is 1.34. The summed E-state index contributed by atoms with van der Waals surface area (Å²) in [5.74, 6) is 1.55. The van der Waals surface area contributed by atoms with Gasteiger partial charge in [-0.2, -0.15) is 0 Å². The summed E-state index contributed by atoms with van der Waals surface area (Å²) in [4.78, 5) is 25.1. The lowest BCUT2D eigenvalue weighted by molar-refractivity contribution is 0.104. The minimum atomic E-state index is -0.242. The molecule has 1 saturated heterocycles. The van der Waals surface area contributed by atoms with E-state index in [2.05, 4.69) is 25.6 Å². The van der Waals surface area contributed by atoms with Crippen molar-refractivity contribution in [1.82, 2.24) is 20.3 Å². The maximum absolute atomic E-state index is 13.4. The van der Waals surface area contributed by atoms with Gasteiger partial charge in [-0.05, 0) is 30.7 Å². The zero-order chi connectivity index (χ0) is 22.8. The third-order valence-corrected chi connectivity index (χ3v) is 5.97. The third-order valence-electron chi connectivity index (χ3n) is 5.66. The van der Waals surface area contributed by atoms with Crippen LogP contribution in [0.1, 0.15) is 22.3 Å². The largest absolute Gasteiger partial charge is 0.457 e. The van der Waals surface area contributed by atoms with E-state index in [9.17, 15) is 9.90 Å². The molecule has 9 heteroatoms. The Morgan fingerprint density at radius 2 is 2.00 bits per heavy atom. The number of rotatable bonds is 7.